The van der Waals surface area contributed by atoms with Crippen molar-refractivity contribution in [2.24, 2.45) is 0 Å². The molecule has 1 N–H and O–H groups in total. The minimum Gasteiger partial charge on any atom is -0.325 e. The molecule has 25 heavy (non-hydrogen) atoms. The summed E-state index contributed by atoms with van der Waals surface area (Å²) in [4.78, 5) is 18.7. The molecule has 0 saturated heterocycles. The molecule has 130 valence electrons. The van der Waals surface area contributed by atoms with E-state index in [1.807, 2.05) is 6.07 Å². The van der Waals surface area contributed by atoms with Crippen molar-refractivity contribution in [3.63, 3.8) is 0 Å². The average Bonchev–Trinajstić information content (AvgIpc) is 2.59. The van der Waals surface area contributed by atoms with Crippen LogP contribution in [0.25, 0.3) is 5.57 Å². The highest BCUT2D eigenvalue weighted by molar-refractivity contribution is 6.31. The van der Waals surface area contributed by atoms with Gasteiger partial charge in [0.25, 0.3) is 0 Å². The molecule has 1 aliphatic heterocycles. The summed E-state index contributed by atoms with van der Waals surface area (Å²) in [6, 6.07) is 8.13. The number of amides is 1. The summed E-state index contributed by atoms with van der Waals surface area (Å²) in [5.41, 5.74) is 3.91. The average molecular weight is 360 g/mol. The molecule has 2 heterocycles. The number of hydrogen-bond donors (Lipinski definition) is 1. The molecule has 0 spiro atoms. The molecule has 0 unspecified atom stereocenters. The van der Waals surface area contributed by atoms with Gasteiger partial charge in [-0.1, -0.05) is 23.7 Å². The lowest BCUT2D eigenvalue weighted by Gasteiger charge is -2.26. The third kappa shape index (κ3) is 4.44. The standard InChI is InChI=1S/C19H19ClFN3O/c1-13-3-2-8-22-19(13)14-6-9-24(10-7-14)12-18(25)23-15-4-5-17(21)16(20)11-15/h2-6,8,11H,7,9-10,12H2,1H3,(H,23,25). The topological polar surface area (TPSA) is 45.2 Å². The molecule has 0 bridgehead atoms. The van der Waals surface area contributed by atoms with Crippen molar-refractivity contribution >= 4 is 28.8 Å². The number of hydrogen-bond acceptors (Lipinski definition) is 3. The monoisotopic (exact) mass is 359 g/mol. The third-order valence-electron chi connectivity index (χ3n) is 4.18. The fraction of sp³-hybridized carbons (Fsp3) is 0.263. The molecule has 0 saturated carbocycles. The number of carbonyl (C=O) groups is 1. The molecule has 1 aliphatic rings. The highest BCUT2D eigenvalue weighted by Crippen LogP contribution is 2.23. The van der Waals surface area contributed by atoms with Crippen LogP contribution < -0.4 is 5.32 Å². The fourth-order valence-corrected chi connectivity index (χ4v) is 3.05. The summed E-state index contributed by atoms with van der Waals surface area (Å²) in [7, 11) is 0. The Morgan fingerprint density at radius 1 is 1.40 bits per heavy atom. The van der Waals surface area contributed by atoms with Crippen molar-refractivity contribution in [1.29, 1.82) is 0 Å². The molecule has 0 atom stereocenters. The van der Waals surface area contributed by atoms with E-state index in [2.05, 4.69) is 34.3 Å². The van der Waals surface area contributed by atoms with Gasteiger partial charge in [-0.15, -0.1) is 0 Å². The fourth-order valence-electron chi connectivity index (χ4n) is 2.87. The van der Waals surface area contributed by atoms with Crippen LogP contribution in [0.5, 0.6) is 0 Å². The van der Waals surface area contributed by atoms with E-state index in [0.717, 1.165) is 24.2 Å². The number of halogens is 2. The number of benzene rings is 1. The maximum absolute atomic E-state index is 13.1. The lowest BCUT2D eigenvalue weighted by Crippen LogP contribution is -2.36. The number of nitrogens with one attached hydrogen (secondary N) is 1. The predicted octanol–water partition coefficient (Wildman–Crippen LogP) is 3.91. The Kier molecular flexibility index (Phi) is 5.46. The Balaban J connectivity index is 1.57. The van der Waals surface area contributed by atoms with Crippen LogP contribution in [0.15, 0.2) is 42.6 Å². The van der Waals surface area contributed by atoms with Gasteiger partial charge in [0.15, 0.2) is 0 Å². The summed E-state index contributed by atoms with van der Waals surface area (Å²) in [5, 5.41) is 2.74. The van der Waals surface area contributed by atoms with E-state index in [9.17, 15) is 9.18 Å². The van der Waals surface area contributed by atoms with Crippen LogP contribution in [-0.4, -0.2) is 35.4 Å². The van der Waals surface area contributed by atoms with Gasteiger partial charge in [0.2, 0.25) is 5.91 Å². The maximum Gasteiger partial charge on any atom is 0.238 e. The smallest absolute Gasteiger partial charge is 0.238 e. The molecule has 0 fully saturated rings. The zero-order chi connectivity index (χ0) is 17.8. The lowest BCUT2D eigenvalue weighted by atomic mass is 10.0. The van der Waals surface area contributed by atoms with Crippen LogP contribution in [0.4, 0.5) is 10.1 Å². The minimum atomic E-state index is -0.502. The number of carbonyl (C=O) groups excluding carboxylic acids is 1. The van der Waals surface area contributed by atoms with Crippen molar-refractivity contribution in [3.8, 4) is 0 Å². The van der Waals surface area contributed by atoms with Crippen molar-refractivity contribution in [3.05, 3.63) is 64.7 Å². The van der Waals surface area contributed by atoms with E-state index in [1.165, 1.54) is 23.8 Å². The molecule has 1 aromatic carbocycles. The van der Waals surface area contributed by atoms with E-state index in [1.54, 1.807) is 6.20 Å². The Morgan fingerprint density at radius 2 is 2.24 bits per heavy atom. The highest BCUT2D eigenvalue weighted by Gasteiger charge is 2.17. The zero-order valence-corrected chi connectivity index (χ0v) is 14.7. The number of nitrogens with zero attached hydrogens (tertiary/aromatic N) is 2. The van der Waals surface area contributed by atoms with E-state index in [-0.39, 0.29) is 17.5 Å². The van der Waals surface area contributed by atoms with Crippen LogP contribution in [0.1, 0.15) is 17.7 Å². The van der Waals surface area contributed by atoms with Gasteiger partial charge in [0.05, 0.1) is 17.3 Å². The number of aryl methyl sites for hydroxylation is 1. The number of pyridine rings is 1. The second-order valence-electron chi connectivity index (χ2n) is 6.06. The SMILES string of the molecule is Cc1cccnc1C1=CCN(CC(=O)Nc2ccc(F)c(Cl)c2)CC1. The predicted molar refractivity (Wildman–Crippen MR) is 98.0 cm³/mol. The largest absolute Gasteiger partial charge is 0.325 e. The van der Waals surface area contributed by atoms with Gasteiger partial charge in [-0.25, -0.2) is 4.39 Å². The van der Waals surface area contributed by atoms with E-state index in [4.69, 9.17) is 11.6 Å². The molecule has 3 rings (SSSR count). The van der Waals surface area contributed by atoms with Gasteiger partial charge in [0, 0.05) is 25.0 Å². The van der Waals surface area contributed by atoms with Gasteiger partial charge >= 0.3 is 0 Å². The van der Waals surface area contributed by atoms with Crippen LogP contribution in [0.2, 0.25) is 5.02 Å². The maximum atomic E-state index is 13.1. The first-order chi connectivity index (χ1) is 12.0. The van der Waals surface area contributed by atoms with Crippen molar-refractivity contribution in [2.75, 3.05) is 25.0 Å². The van der Waals surface area contributed by atoms with Gasteiger partial charge in [-0.05, 0) is 48.7 Å². The van der Waals surface area contributed by atoms with Crippen LogP contribution in [-0.2, 0) is 4.79 Å². The first-order valence-corrected chi connectivity index (χ1v) is 8.49. The minimum absolute atomic E-state index is 0.00548. The quantitative estimate of drug-likeness (QED) is 0.900. The van der Waals surface area contributed by atoms with Crippen molar-refractivity contribution in [2.45, 2.75) is 13.3 Å². The summed E-state index contributed by atoms with van der Waals surface area (Å²) < 4.78 is 13.1. The number of anilines is 1. The van der Waals surface area contributed by atoms with E-state index in [0.29, 0.717) is 12.2 Å². The van der Waals surface area contributed by atoms with Crippen LogP contribution in [0, 0.1) is 12.7 Å². The number of aromatic nitrogens is 1. The van der Waals surface area contributed by atoms with Gasteiger partial charge < -0.3 is 5.32 Å². The first-order valence-electron chi connectivity index (χ1n) is 8.11. The Labute approximate surface area is 151 Å². The van der Waals surface area contributed by atoms with Gasteiger partial charge in [-0.2, -0.15) is 0 Å². The molecule has 1 amide bonds. The second kappa shape index (κ2) is 7.76. The summed E-state index contributed by atoms with van der Waals surface area (Å²) in [5.74, 6) is -0.647. The molecular formula is C19H19ClFN3O. The van der Waals surface area contributed by atoms with E-state index >= 15 is 0 Å². The van der Waals surface area contributed by atoms with Gasteiger partial charge in [0.1, 0.15) is 5.82 Å². The zero-order valence-electron chi connectivity index (χ0n) is 13.9. The second-order valence-corrected chi connectivity index (χ2v) is 6.47. The summed E-state index contributed by atoms with van der Waals surface area (Å²) in [6.45, 7) is 3.82. The third-order valence-corrected chi connectivity index (χ3v) is 4.47. The molecular weight excluding hydrogens is 341 g/mol. The summed E-state index contributed by atoms with van der Waals surface area (Å²) in [6.07, 6.45) is 4.78. The van der Waals surface area contributed by atoms with Crippen molar-refractivity contribution < 1.29 is 9.18 Å². The molecule has 4 nitrogen and oxygen atoms in total. The molecule has 6 heteroatoms. The van der Waals surface area contributed by atoms with Crippen molar-refractivity contribution in [1.82, 2.24) is 9.88 Å². The van der Waals surface area contributed by atoms with Crippen LogP contribution >= 0.6 is 11.6 Å². The molecule has 0 radical (unpaired) electrons. The summed E-state index contributed by atoms with van der Waals surface area (Å²) >= 11 is 5.73. The van der Waals surface area contributed by atoms with Crippen LogP contribution in [0.3, 0.4) is 0 Å². The molecule has 0 aliphatic carbocycles. The lowest BCUT2D eigenvalue weighted by molar-refractivity contribution is -0.117. The molecule has 1 aromatic heterocycles. The number of rotatable bonds is 4. The highest BCUT2D eigenvalue weighted by atomic mass is 35.5. The Morgan fingerprint density at radius 3 is 2.92 bits per heavy atom. The molecule has 2 aromatic rings. The first kappa shape index (κ1) is 17.6. The van der Waals surface area contributed by atoms with Gasteiger partial charge in [-0.3, -0.25) is 14.7 Å². The van der Waals surface area contributed by atoms with E-state index < -0.39 is 5.82 Å². The Bertz CT molecular complexity index is 822. The Hall–Kier alpha value is -2.24. The normalized spacial score (nSPS) is 14.9.